The first-order valence-electron chi connectivity index (χ1n) is 16.3. The van der Waals surface area contributed by atoms with Gasteiger partial charge in [0.25, 0.3) is 0 Å². The molecule has 0 atom stereocenters. The van der Waals surface area contributed by atoms with Crippen molar-refractivity contribution >= 4 is 5.97 Å². The number of rotatable bonds is 29. The van der Waals surface area contributed by atoms with Crippen molar-refractivity contribution in [3.63, 3.8) is 0 Å². The van der Waals surface area contributed by atoms with E-state index in [1.165, 1.54) is 166 Å². The van der Waals surface area contributed by atoms with Gasteiger partial charge >= 0.3 is 5.97 Å². The van der Waals surface area contributed by atoms with Crippen molar-refractivity contribution in [2.75, 3.05) is 6.61 Å². The molecule has 0 heterocycles. The summed E-state index contributed by atoms with van der Waals surface area (Å²) in [5, 5.41) is 7.89. The first-order valence-corrected chi connectivity index (χ1v) is 16.3. The molecule has 222 valence electrons. The van der Waals surface area contributed by atoms with Gasteiger partial charge in [-0.3, -0.25) is 4.79 Å². The lowest BCUT2D eigenvalue weighted by molar-refractivity contribution is -0.143. The molecule has 0 saturated heterocycles. The van der Waals surface area contributed by atoms with E-state index in [1.807, 2.05) is 0 Å². The van der Waals surface area contributed by atoms with Crippen molar-refractivity contribution in [1.29, 1.82) is 0 Å². The van der Waals surface area contributed by atoms with E-state index in [9.17, 15) is 4.79 Å². The summed E-state index contributed by atoms with van der Waals surface area (Å²) in [6.07, 6.45) is 37.4. The molecule has 0 radical (unpaired) electrons. The lowest BCUT2D eigenvalue weighted by atomic mass is 10.0. The fourth-order valence-corrected chi connectivity index (χ4v) is 4.84. The fourth-order valence-electron chi connectivity index (χ4n) is 4.84. The van der Waals surface area contributed by atoms with Gasteiger partial charge in [-0.05, 0) is 12.8 Å². The zero-order valence-corrected chi connectivity index (χ0v) is 25.1. The van der Waals surface area contributed by atoms with Crippen LogP contribution >= 0.6 is 0 Å². The zero-order valence-electron chi connectivity index (χ0n) is 25.1. The van der Waals surface area contributed by atoms with Crippen molar-refractivity contribution in [1.82, 2.24) is 0 Å². The van der Waals surface area contributed by atoms with Gasteiger partial charge in [-0.2, -0.15) is 0 Å². The Morgan fingerprint density at radius 1 is 0.486 bits per heavy atom. The molecular weight excluding hydrogens is 462 g/mol. The van der Waals surface area contributed by atoms with E-state index < -0.39 is 0 Å². The van der Waals surface area contributed by atoms with Gasteiger partial charge in [-0.25, -0.2) is 0 Å². The van der Waals surface area contributed by atoms with Crippen LogP contribution in [-0.4, -0.2) is 17.8 Å². The molecule has 0 aromatic heterocycles. The molecule has 37 heavy (non-hydrogen) atoms. The highest BCUT2D eigenvalue weighted by molar-refractivity contribution is 5.69. The number of hydrogen-bond acceptors (Lipinski definition) is 4. The third kappa shape index (κ3) is 39.5. The number of ether oxygens (including phenoxy) is 1. The summed E-state index contributed by atoms with van der Waals surface area (Å²) in [6.45, 7) is 5.16. The van der Waals surface area contributed by atoms with Gasteiger partial charge in [0.05, 0.1) is 6.61 Å². The van der Waals surface area contributed by atoms with Gasteiger partial charge in [0.1, 0.15) is 0 Å². The van der Waals surface area contributed by atoms with Crippen LogP contribution in [0.5, 0.6) is 0 Å². The first kappa shape index (κ1) is 38.0. The van der Waals surface area contributed by atoms with E-state index in [0.29, 0.717) is 13.0 Å². The summed E-state index contributed by atoms with van der Waals surface area (Å²) in [5.74, 6) is 0.0198. The molecule has 0 aliphatic heterocycles. The molecule has 0 aliphatic rings. The minimum atomic E-state index is 0.0198. The van der Waals surface area contributed by atoms with Crippen LogP contribution in [0.15, 0.2) is 5.34 Å². The smallest absolute Gasteiger partial charge is 0.305 e. The van der Waals surface area contributed by atoms with E-state index in [-0.39, 0.29) is 5.97 Å². The van der Waals surface area contributed by atoms with Gasteiger partial charge in [0, 0.05) is 6.42 Å². The molecule has 0 unspecified atom stereocenters. The van der Waals surface area contributed by atoms with Crippen LogP contribution in [0.2, 0.25) is 0 Å². The van der Waals surface area contributed by atoms with Gasteiger partial charge < -0.3 is 9.94 Å². The summed E-state index contributed by atoms with van der Waals surface area (Å²) in [5.41, 5.74) is 0. The number of unbranched alkanes of at least 4 members (excludes halogenated alkanes) is 25. The second-order valence-electron chi connectivity index (χ2n) is 10.9. The van der Waals surface area contributed by atoms with Gasteiger partial charge in [-0.1, -0.05) is 174 Å². The van der Waals surface area contributed by atoms with Crippen molar-refractivity contribution < 1.29 is 14.7 Å². The minimum Gasteiger partial charge on any atom is -0.466 e. The van der Waals surface area contributed by atoms with E-state index in [4.69, 9.17) is 14.9 Å². The summed E-state index contributed by atoms with van der Waals surface area (Å²) >= 11 is 0. The minimum absolute atomic E-state index is 0.0198. The second kappa shape index (κ2) is 37.0. The summed E-state index contributed by atoms with van der Waals surface area (Å²) in [4.78, 5) is 19.9. The number of carbonyl (C=O) groups is 1. The topological polar surface area (TPSA) is 76.0 Å². The van der Waals surface area contributed by atoms with Crippen LogP contribution in [0, 0.1) is 4.91 Å². The average Bonchev–Trinajstić information content (AvgIpc) is 2.89. The number of hydrogen-bond donors (Lipinski definition) is 1. The standard InChI is InChI=1S/C32H64O2.HNO2/c1-3-5-7-9-11-12-13-14-15-16-17-18-19-20-21-22-23-24-25-26-28-30-32(33)34-31-29-27-10-8-6-4-2;2-1-3/h3-31H2,1-2H3;(H,2,3). The highest BCUT2D eigenvalue weighted by atomic mass is 16.6. The molecule has 5 heteroatoms. The van der Waals surface area contributed by atoms with E-state index in [1.54, 1.807) is 0 Å². The van der Waals surface area contributed by atoms with Crippen LogP contribution < -0.4 is 0 Å². The largest absolute Gasteiger partial charge is 0.466 e. The molecule has 0 aliphatic carbocycles. The average molecular weight is 528 g/mol. The van der Waals surface area contributed by atoms with Crippen LogP contribution in [0.3, 0.4) is 0 Å². The Morgan fingerprint density at radius 2 is 0.730 bits per heavy atom. The molecule has 0 bridgehead atoms. The third-order valence-electron chi connectivity index (χ3n) is 7.25. The Kier molecular flexibility index (Phi) is 38.0. The number of carbonyl (C=O) groups excluding carboxylic acids is 1. The molecule has 0 aromatic carbocycles. The Bertz CT molecular complexity index is 431. The van der Waals surface area contributed by atoms with Crippen LogP contribution in [0.4, 0.5) is 0 Å². The Balaban J connectivity index is 0. The van der Waals surface area contributed by atoms with E-state index in [2.05, 4.69) is 13.8 Å². The fraction of sp³-hybridized carbons (Fsp3) is 0.969. The number of esters is 1. The summed E-state index contributed by atoms with van der Waals surface area (Å²) in [7, 11) is 0. The summed E-state index contributed by atoms with van der Waals surface area (Å²) in [6, 6.07) is 0. The molecular formula is C32H65NO4. The Hall–Kier alpha value is -1.13. The van der Waals surface area contributed by atoms with Crippen LogP contribution in [-0.2, 0) is 9.53 Å². The van der Waals surface area contributed by atoms with Gasteiger partial charge in [0.2, 0.25) is 0 Å². The zero-order chi connectivity index (χ0) is 27.5. The second-order valence-corrected chi connectivity index (χ2v) is 10.9. The van der Waals surface area contributed by atoms with E-state index in [0.717, 1.165) is 12.8 Å². The van der Waals surface area contributed by atoms with Crippen LogP contribution in [0.25, 0.3) is 0 Å². The molecule has 0 saturated carbocycles. The van der Waals surface area contributed by atoms with E-state index >= 15 is 0 Å². The Labute approximate surface area is 231 Å². The van der Waals surface area contributed by atoms with Crippen molar-refractivity contribution in [3.8, 4) is 0 Å². The highest BCUT2D eigenvalue weighted by Gasteiger charge is 2.02. The van der Waals surface area contributed by atoms with Crippen molar-refractivity contribution in [2.24, 2.45) is 5.34 Å². The summed E-state index contributed by atoms with van der Waals surface area (Å²) < 4.78 is 5.35. The predicted molar refractivity (Wildman–Crippen MR) is 159 cm³/mol. The first-order chi connectivity index (χ1) is 18.2. The maximum atomic E-state index is 11.8. The molecule has 0 amide bonds. The van der Waals surface area contributed by atoms with Gasteiger partial charge in [-0.15, -0.1) is 4.91 Å². The highest BCUT2D eigenvalue weighted by Crippen LogP contribution is 2.15. The van der Waals surface area contributed by atoms with Crippen molar-refractivity contribution in [3.05, 3.63) is 4.91 Å². The van der Waals surface area contributed by atoms with Gasteiger partial charge in [0.15, 0.2) is 5.34 Å². The SMILES string of the molecule is CCCCCCCCCCCCCCCCCCCCCCCC(=O)OCCCCCCCC.O=NO. The lowest BCUT2D eigenvalue weighted by Crippen LogP contribution is -2.05. The molecule has 0 spiro atoms. The van der Waals surface area contributed by atoms with Crippen molar-refractivity contribution in [2.45, 2.75) is 194 Å². The predicted octanol–water partition coefficient (Wildman–Crippen LogP) is 11.6. The maximum Gasteiger partial charge on any atom is 0.305 e. The quantitative estimate of drug-likeness (QED) is 0.0454. The molecule has 1 N–H and O–H groups in total. The molecule has 0 fully saturated rings. The normalized spacial score (nSPS) is 10.6. The number of nitrogens with zero attached hydrogens (tertiary/aromatic N) is 1. The molecule has 0 aromatic rings. The monoisotopic (exact) mass is 527 g/mol. The molecule has 0 rings (SSSR count). The van der Waals surface area contributed by atoms with Crippen LogP contribution in [0.1, 0.15) is 194 Å². The Morgan fingerprint density at radius 3 is 1.03 bits per heavy atom. The molecule has 5 nitrogen and oxygen atoms in total. The maximum absolute atomic E-state index is 11.8. The lowest BCUT2D eigenvalue weighted by Gasteiger charge is -2.05. The third-order valence-corrected chi connectivity index (χ3v) is 7.25.